The molecule has 2 aromatic rings. The van der Waals surface area contributed by atoms with Gasteiger partial charge in [0.1, 0.15) is 11.5 Å². The van der Waals surface area contributed by atoms with E-state index in [-0.39, 0.29) is 17.1 Å². The second-order valence-corrected chi connectivity index (χ2v) is 7.85. The molecule has 0 unspecified atom stereocenters. The first-order valence-electron chi connectivity index (χ1n) is 7.66. The lowest BCUT2D eigenvalue weighted by Crippen LogP contribution is -2.31. The van der Waals surface area contributed by atoms with Crippen LogP contribution in [0.15, 0.2) is 39.7 Å². The fraction of sp³-hybridized carbons (Fsp3) is 0.222. The number of halogens is 2. The highest BCUT2D eigenvalue weighted by Gasteiger charge is 2.35. The molecular formula is C18H15Cl2NO3S. The summed E-state index contributed by atoms with van der Waals surface area (Å²) in [6.45, 7) is 4.33. The molecule has 1 aliphatic rings. The summed E-state index contributed by atoms with van der Waals surface area (Å²) in [7, 11) is 0. The number of hydrogen-bond acceptors (Lipinski definition) is 4. The van der Waals surface area contributed by atoms with E-state index in [0.29, 0.717) is 38.6 Å². The van der Waals surface area contributed by atoms with Gasteiger partial charge >= 0.3 is 0 Å². The van der Waals surface area contributed by atoms with Crippen LogP contribution >= 0.6 is 35.0 Å². The Morgan fingerprint density at radius 3 is 2.64 bits per heavy atom. The Hall–Kier alpha value is -1.69. The van der Waals surface area contributed by atoms with E-state index >= 15 is 0 Å². The monoisotopic (exact) mass is 395 g/mol. The Bertz CT molecular complexity index is 873. The van der Waals surface area contributed by atoms with Crippen molar-refractivity contribution >= 4 is 52.2 Å². The summed E-state index contributed by atoms with van der Waals surface area (Å²) in [5.74, 6) is 0.978. The van der Waals surface area contributed by atoms with Crippen molar-refractivity contribution in [3.8, 4) is 11.3 Å². The zero-order chi connectivity index (χ0) is 18.1. The fourth-order valence-electron chi connectivity index (χ4n) is 2.42. The summed E-state index contributed by atoms with van der Waals surface area (Å²) in [5.41, 5.74) is 0.707. The van der Waals surface area contributed by atoms with Gasteiger partial charge in [-0.3, -0.25) is 14.5 Å². The van der Waals surface area contributed by atoms with Gasteiger partial charge in [-0.15, -0.1) is 0 Å². The molecule has 1 aliphatic heterocycles. The van der Waals surface area contributed by atoms with Crippen molar-refractivity contribution in [1.29, 1.82) is 0 Å². The number of thioether (sulfide) groups is 1. The lowest BCUT2D eigenvalue weighted by molar-refractivity contribution is -0.123. The predicted molar refractivity (Wildman–Crippen MR) is 102 cm³/mol. The minimum atomic E-state index is -0.286. The molecule has 0 spiro atoms. The minimum absolute atomic E-state index is 0.218. The minimum Gasteiger partial charge on any atom is -0.457 e. The van der Waals surface area contributed by atoms with Crippen LogP contribution in [0.1, 0.15) is 19.6 Å². The van der Waals surface area contributed by atoms with Gasteiger partial charge in [-0.25, -0.2) is 0 Å². The fourth-order valence-corrected chi connectivity index (χ4v) is 3.75. The van der Waals surface area contributed by atoms with E-state index in [1.807, 2.05) is 13.8 Å². The first-order chi connectivity index (χ1) is 11.8. The van der Waals surface area contributed by atoms with E-state index in [0.717, 1.165) is 11.8 Å². The van der Waals surface area contributed by atoms with E-state index in [4.69, 9.17) is 27.6 Å². The van der Waals surface area contributed by atoms with Crippen molar-refractivity contribution in [2.75, 3.05) is 6.54 Å². The molecule has 1 fully saturated rings. The SMILES string of the molecule is CC(C)CN1C(=O)SC(=Cc2ccc(-c3ccc(Cl)cc3Cl)o2)C1=O. The lowest BCUT2D eigenvalue weighted by Gasteiger charge is -2.14. The normalized spacial score (nSPS) is 16.5. The molecule has 3 rings (SSSR count). The van der Waals surface area contributed by atoms with Crippen LogP contribution in [0.3, 0.4) is 0 Å². The number of imide groups is 1. The van der Waals surface area contributed by atoms with Crippen molar-refractivity contribution in [3.63, 3.8) is 0 Å². The molecule has 1 saturated heterocycles. The number of benzene rings is 1. The molecule has 0 radical (unpaired) electrons. The number of carbonyl (C=O) groups is 2. The molecule has 0 bridgehead atoms. The van der Waals surface area contributed by atoms with E-state index in [2.05, 4.69) is 0 Å². The van der Waals surface area contributed by atoms with Gasteiger partial charge in [0.2, 0.25) is 0 Å². The largest absolute Gasteiger partial charge is 0.457 e. The Kier molecular flexibility index (Phi) is 5.27. The highest BCUT2D eigenvalue weighted by Crippen LogP contribution is 2.35. The first-order valence-corrected chi connectivity index (χ1v) is 9.23. The molecule has 1 aromatic heterocycles. The molecular weight excluding hydrogens is 381 g/mol. The van der Waals surface area contributed by atoms with Crippen LogP contribution in [0.5, 0.6) is 0 Å². The van der Waals surface area contributed by atoms with Crippen LogP contribution < -0.4 is 0 Å². The summed E-state index contributed by atoms with van der Waals surface area (Å²) in [5, 5.41) is 0.766. The van der Waals surface area contributed by atoms with E-state index in [1.54, 1.807) is 36.4 Å². The highest BCUT2D eigenvalue weighted by molar-refractivity contribution is 8.18. The number of rotatable bonds is 4. The molecule has 0 saturated carbocycles. The van der Waals surface area contributed by atoms with Crippen molar-refractivity contribution in [3.05, 3.63) is 51.0 Å². The van der Waals surface area contributed by atoms with Gasteiger partial charge in [-0.2, -0.15) is 0 Å². The molecule has 4 nitrogen and oxygen atoms in total. The molecule has 1 aromatic carbocycles. The van der Waals surface area contributed by atoms with E-state index < -0.39 is 0 Å². The summed E-state index contributed by atoms with van der Waals surface area (Å²) in [6, 6.07) is 8.62. The zero-order valence-electron chi connectivity index (χ0n) is 13.6. The molecule has 2 amide bonds. The van der Waals surface area contributed by atoms with Gasteiger partial charge in [0.15, 0.2) is 0 Å². The second-order valence-electron chi connectivity index (χ2n) is 6.01. The summed E-state index contributed by atoms with van der Waals surface area (Å²) in [4.78, 5) is 26.0. The number of carbonyl (C=O) groups excluding carboxylic acids is 2. The number of amides is 2. The van der Waals surface area contributed by atoms with Crippen molar-refractivity contribution in [2.24, 2.45) is 5.92 Å². The summed E-state index contributed by atoms with van der Waals surface area (Å²) in [6.07, 6.45) is 1.58. The summed E-state index contributed by atoms with van der Waals surface area (Å²) >= 11 is 13.0. The van der Waals surface area contributed by atoms with Gasteiger partial charge in [-0.05, 0) is 48.0 Å². The average molecular weight is 396 g/mol. The van der Waals surface area contributed by atoms with Crippen LogP contribution in [-0.4, -0.2) is 22.6 Å². The van der Waals surface area contributed by atoms with Crippen LogP contribution in [0.25, 0.3) is 17.4 Å². The van der Waals surface area contributed by atoms with E-state index in [1.165, 1.54) is 4.90 Å². The van der Waals surface area contributed by atoms with Crippen molar-refractivity contribution in [2.45, 2.75) is 13.8 Å². The van der Waals surface area contributed by atoms with Gasteiger partial charge in [0, 0.05) is 23.2 Å². The van der Waals surface area contributed by atoms with Gasteiger partial charge < -0.3 is 4.42 Å². The number of nitrogens with zero attached hydrogens (tertiary/aromatic N) is 1. The molecule has 7 heteroatoms. The maximum Gasteiger partial charge on any atom is 0.293 e. The van der Waals surface area contributed by atoms with Crippen LogP contribution in [0.2, 0.25) is 10.0 Å². The van der Waals surface area contributed by atoms with Gasteiger partial charge in [0.25, 0.3) is 11.1 Å². The molecule has 130 valence electrons. The Labute approximate surface area is 159 Å². The average Bonchev–Trinajstić information content (AvgIpc) is 3.08. The first kappa shape index (κ1) is 18.1. The van der Waals surface area contributed by atoms with Crippen LogP contribution in [0.4, 0.5) is 4.79 Å². The third-order valence-electron chi connectivity index (χ3n) is 3.52. The maximum atomic E-state index is 12.4. The molecule has 2 heterocycles. The Morgan fingerprint density at radius 1 is 1.20 bits per heavy atom. The smallest absolute Gasteiger partial charge is 0.293 e. The molecule has 25 heavy (non-hydrogen) atoms. The van der Waals surface area contributed by atoms with Gasteiger partial charge in [0.05, 0.1) is 9.93 Å². The standard InChI is InChI=1S/C18H15Cl2NO3S/c1-10(2)9-21-17(22)16(25-18(21)23)8-12-4-6-15(24-12)13-5-3-11(19)7-14(13)20/h3-8,10H,9H2,1-2H3. The third kappa shape index (κ3) is 3.94. The Morgan fingerprint density at radius 2 is 1.96 bits per heavy atom. The quantitative estimate of drug-likeness (QED) is 0.600. The van der Waals surface area contributed by atoms with Crippen molar-refractivity contribution < 1.29 is 14.0 Å². The number of hydrogen-bond donors (Lipinski definition) is 0. The Balaban J connectivity index is 1.85. The molecule has 0 aliphatic carbocycles. The molecule has 0 atom stereocenters. The third-order valence-corrected chi connectivity index (χ3v) is 4.97. The highest BCUT2D eigenvalue weighted by atomic mass is 35.5. The van der Waals surface area contributed by atoms with Crippen molar-refractivity contribution in [1.82, 2.24) is 4.90 Å². The van der Waals surface area contributed by atoms with Crippen LogP contribution in [0, 0.1) is 5.92 Å². The van der Waals surface area contributed by atoms with E-state index in [9.17, 15) is 9.59 Å². The van der Waals surface area contributed by atoms with Gasteiger partial charge in [-0.1, -0.05) is 37.0 Å². The predicted octanol–water partition coefficient (Wildman–Crippen LogP) is 5.95. The summed E-state index contributed by atoms with van der Waals surface area (Å²) < 4.78 is 5.75. The molecule has 0 N–H and O–H groups in total. The second kappa shape index (κ2) is 7.28. The topological polar surface area (TPSA) is 50.5 Å². The maximum absolute atomic E-state index is 12.4. The van der Waals surface area contributed by atoms with Crippen LogP contribution in [-0.2, 0) is 4.79 Å². The lowest BCUT2D eigenvalue weighted by atomic mass is 10.2. The number of furan rings is 1. The zero-order valence-corrected chi connectivity index (χ0v) is 15.9.